The van der Waals surface area contributed by atoms with Crippen molar-refractivity contribution in [2.75, 3.05) is 20.3 Å². The molecule has 1 heterocycles. The Morgan fingerprint density at radius 1 is 1.38 bits per heavy atom. The first-order valence-electron chi connectivity index (χ1n) is 6.74. The molecule has 0 saturated heterocycles. The summed E-state index contributed by atoms with van der Waals surface area (Å²) in [6, 6.07) is 7.33. The van der Waals surface area contributed by atoms with Crippen LogP contribution in [0, 0.1) is 6.92 Å². The molecule has 0 radical (unpaired) electrons. The number of hydrogen-bond acceptors (Lipinski definition) is 6. The van der Waals surface area contributed by atoms with Crippen LogP contribution in [0.2, 0.25) is 0 Å². The number of aromatic nitrogens is 1. The maximum Gasteiger partial charge on any atom is 0.123 e. The molecule has 2 N–H and O–H groups in total. The molecule has 0 fully saturated rings. The van der Waals surface area contributed by atoms with Gasteiger partial charge < -0.3 is 19.9 Å². The maximum atomic E-state index is 9.89. The van der Waals surface area contributed by atoms with E-state index in [-0.39, 0.29) is 6.61 Å². The van der Waals surface area contributed by atoms with E-state index >= 15 is 0 Å². The fourth-order valence-corrected chi connectivity index (χ4v) is 2.56. The Bertz CT molecular complexity index is 559. The summed E-state index contributed by atoms with van der Waals surface area (Å²) in [5.74, 6) is 1.42. The Kier molecular flexibility index (Phi) is 5.98. The van der Waals surface area contributed by atoms with Crippen molar-refractivity contribution in [1.82, 2.24) is 10.3 Å². The molecule has 0 aliphatic rings. The van der Waals surface area contributed by atoms with E-state index in [1.807, 2.05) is 31.3 Å². The predicted octanol–water partition coefficient (Wildman–Crippen LogP) is 1.99. The average molecular weight is 308 g/mol. The summed E-state index contributed by atoms with van der Waals surface area (Å²) in [4.78, 5) is 5.35. The van der Waals surface area contributed by atoms with Crippen LogP contribution in [0.4, 0.5) is 0 Å². The molecule has 5 nitrogen and oxygen atoms in total. The summed E-state index contributed by atoms with van der Waals surface area (Å²) < 4.78 is 10.7. The van der Waals surface area contributed by atoms with Gasteiger partial charge in [-0.25, -0.2) is 4.98 Å². The Morgan fingerprint density at radius 3 is 2.90 bits per heavy atom. The highest BCUT2D eigenvalue weighted by molar-refractivity contribution is 7.11. The quantitative estimate of drug-likeness (QED) is 0.781. The van der Waals surface area contributed by atoms with Gasteiger partial charge in [0, 0.05) is 30.2 Å². The minimum Gasteiger partial charge on any atom is -0.497 e. The van der Waals surface area contributed by atoms with Crippen molar-refractivity contribution in [1.29, 1.82) is 0 Å². The summed E-state index contributed by atoms with van der Waals surface area (Å²) in [5, 5.41) is 14.1. The van der Waals surface area contributed by atoms with E-state index < -0.39 is 6.10 Å². The minimum absolute atomic E-state index is 0.238. The number of nitrogens with one attached hydrogen (secondary N) is 1. The molecule has 0 aliphatic carbocycles. The molecule has 21 heavy (non-hydrogen) atoms. The van der Waals surface area contributed by atoms with Crippen molar-refractivity contribution in [3.63, 3.8) is 0 Å². The highest BCUT2D eigenvalue weighted by atomic mass is 32.1. The van der Waals surface area contributed by atoms with Gasteiger partial charge in [0.2, 0.25) is 0 Å². The molecule has 2 aromatic rings. The summed E-state index contributed by atoms with van der Waals surface area (Å²) in [5.41, 5.74) is 0. The van der Waals surface area contributed by atoms with Gasteiger partial charge in [0.15, 0.2) is 0 Å². The van der Waals surface area contributed by atoms with Crippen LogP contribution in [-0.2, 0) is 6.54 Å². The highest BCUT2D eigenvalue weighted by Crippen LogP contribution is 2.18. The van der Waals surface area contributed by atoms with Gasteiger partial charge in [-0.1, -0.05) is 6.07 Å². The fourth-order valence-electron chi connectivity index (χ4n) is 1.79. The number of rotatable bonds is 8. The Hall–Kier alpha value is -1.63. The monoisotopic (exact) mass is 308 g/mol. The van der Waals surface area contributed by atoms with E-state index in [1.165, 1.54) is 0 Å². The number of nitrogens with zero attached hydrogens (tertiary/aromatic N) is 1. The van der Waals surface area contributed by atoms with E-state index in [4.69, 9.17) is 9.47 Å². The van der Waals surface area contributed by atoms with Gasteiger partial charge >= 0.3 is 0 Å². The second kappa shape index (κ2) is 7.97. The molecular formula is C15H20N2O3S. The van der Waals surface area contributed by atoms with E-state index in [9.17, 15) is 5.11 Å². The Morgan fingerprint density at radius 2 is 2.19 bits per heavy atom. The zero-order valence-corrected chi connectivity index (χ0v) is 13.0. The molecule has 0 spiro atoms. The number of aliphatic hydroxyl groups is 1. The molecule has 1 aromatic heterocycles. The lowest BCUT2D eigenvalue weighted by Crippen LogP contribution is -2.30. The van der Waals surface area contributed by atoms with Gasteiger partial charge in [-0.05, 0) is 19.1 Å². The van der Waals surface area contributed by atoms with Crippen LogP contribution < -0.4 is 14.8 Å². The van der Waals surface area contributed by atoms with Crippen molar-refractivity contribution in [2.24, 2.45) is 0 Å². The Labute approximate surface area is 128 Å². The zero-order chi connectivity index (χ0) is 15.1. The first kappa shape index (κ1) is 15.8. The number of benzene rings is 1. The SMILES string of the molecule is COc1cccc(OCC(O)CNCc2cnc(C)s2)c1. The normalized spacial score (nSPS) is 12.1. The molecule has 6 heteroatoms. The number of methoxy groups -OCH3 is 1. The summed E-state index contributed by atoms with van der Waals surface area (Å²) >= 11 is 1.65. The van der Waals surface area contributed by atoms with E-state index in [0.29, 0.717) is 18.8 Å². The van der Waals surface area contributed by atoms with E-state index in [1.54, 1.807) is 24.5 Å². The third kappa shape index (κ3) is 5.34. The van der Waals surface area contributed by atoms with Crippen LogP contribution in [0.25, 0.3) is 0 Å². The first-order valence-corrected chi connectivity index (χ1v) is 7.56. The molecule has 2 rings (SSSR count). The second-order valence-corrected chi connectivity index (χ2v) is 5.94. The van der Waals surface area contributed by atoms with Gasteiger partial charge in [0.25, 0.3) is 0 Å². The van der Waals surface area contributed by atoms with Crippen LogP contribution in [-0.4, -0.2) is 36.5 Å². The van der Waals surface area contributed by atoms with E-state index in [0.717, 1.165) is 15.6 Å². The smallest absolute Gasteiger partial charge is 0.123 e. The predicted molar refractivity (Wildman–Crippen MR) is 83.1 cm³/mol. The lowest BCUT2D eigenvalue weighted by Gasteiger charge is -2.13. The van der Waals surface area contributed by atoms with Crippen LogP contribution in [0.15, 0.2) is 30.5 Å². The molecule has 1 aromatic carbocycles. The fraction of sp³-hybridized carbons (Fsp3) is 0.400. The lowest BCUT2D eigenvalue weighted by atomic mass is 10.3. The van der Waals surface area contributed by atoms with Crippen molar-refractivity contribution >= 4 is 11.3 Å². The number of aliphatic hydroxyl groups excluding tert-OH is 1. The van der Waals surface area contributed by atoms with Gasteiger partial charge in [-0.2, -0.15) is 0 Å². The standard InChI is InChI=1S/C15H20N2O3S/c1-11-17-9-15(21-11)8-16-7-12(18)10-20-14-5-3-4-13(6-14)19-2/h3-6,9,12,16,18H,7-8,10H2,1-2H3. The molecule has 0 amide bonds. The summed E-state index contributed by atoms with van der Waals surface area (Å²) in [6.45, 7) is 3.40. The molecule has 0 saturated carbocycles. The number of thiazole rings is 1. The van der Waals surface area contributed by atoms with Gasteiger partial charge in [-0.3, -0.25) is 0 Å². The maximum absolute atomic E-state index is 9.89. The molecule has 0 aliphatic heterocycles. The number of hydrogen-bond donors (Lipinski definition) is 2. The third-order valence-electron chi connectivity index (χ3n) is 2.83. The van der Waals surface area contributed by atoms with Crippen LogP contribution in [0.5, 0.6) is 11.5 Å². The van der Waals surface area contributed by atoms with Crippen molar-refractivity contribution < 1.29 is 14.6 Å². The summed E-state index contributed by atoms with van der Waals surface area (Å²) in [7, 11) is 1.61. The van der Waals surface area contributed by atoms with Crippen molar-refractivity contribution in [2.45, 2.75) is 19.6 Å². The molecular weight excluding hydrogens is 288 g/mol. The molecule has 1 atom stereocenters. The number of aryl methyl sites for hydroxylation is 1. The highest BCUT2D eigenvalue weighted by Gasteiger charge is 2.06. The van der Waals surface area contributed by atoms with Crippen LogP contribution in [0.1, 0.15) is 9.88 Å². The van der Waals surface area contributed by atoms with Gasteiger partial charge in [0.1, 0.15) is 24.2 Å². The summed E-state index contributed by atoms with van der Waals surface area (Å²) in [6.07, 6.45) is 1.29. The van der Waals surface area contributed by atoms with E-state index in [2.05, 4.69) is 10.3 Å². The second-order valence-electron chi connectivity index (χ2n) is 4.62. The lowest BCUT2D eigenvalue weighted by molar-refractivity contribution is 0.106. The largest absolute Gasteiger partial charge is 0.497 e. The minimum atomic E-state index is -0.565. The van der Waals surface area contributed by atoms with Crippen LogP contribution in [0.3, 0.4) is 0 Å². The number of ether oxygens (including phenoxy) is 2. The van der Waals surface area contributed by atoms with Crippen molar-refractivity contribution in [3.8, 4) is 11.5 Å². The van der Waals surface area contributed by atoms with Gasteiger partial charge in [0.05, 0.1) is 12.1 Å². The van der Waals surface area contributed by atoms with Gasteiger partial charge in [-0.15, -0.1) is 11.3 Å². The molecule has 114 valence electrons. The Balaban J connectivity index is 1.68. The zero-order valence-electron chi connectivity index (χ0n) is 12.2. The molecule has 1 unspecified atom stereocenters. The van der Waals surface area contributed by atoms with Crippen LogP contribution >= 0.6 is 11.3 Å². The third-order valence-corrected chi connectivity index (χ3v) is 3.74. The topological polar surface area (TPSA) is 63.6 Å². The first-order chi connectivity index (χ1) is 10.2. The van der Waals surface area contributed by atoms with Crippen molar-refractivity contribution in [3.05, 3.63) is 40.3 Å². The molecule has 0 bridgehead atoms. The average Bonchev–Trinajstić information content (AvgIpc) is 2.91.